The van der Waals surface area contributed by atoms with Crippen molar-refractivity contribution in [3.63, 3.8) is 0 Å². The molecule has 0 fully saturated rings. The maximum Gasteiger partial charge on any atom is 0.138 e. The van der Waals surface area contributed by atoms with Gasteiger partial charge < -0.3 is 9.30 Å². The van der Waals surface area contributed by atoms with Crippen LogP contribution in [-0.4, -0.2) is 9.55 Å². The van der Waals surface area contributed by atoms with Gasteiger partial charge in [0.1, 0.15) is 12.4 Å². The zero-order chi connectivity index (χ0) is 13.2. The predicted octanol–water partition coefficient (Wildman–Crippen LogP) is 3.81. The Hall–Kier alpha value is -2.00. The molecule has 0 spiro atoms. The quantitative estimate of drug-likeness (QED) is 0.725. The fourth-order valence-corrected chi connectivity index (χ4v) is 2.33. The number of fused-ring (bicyclic) bond motifs is 1. The lowest BCUT2D eigenvalue weighted by atomic mass is 10.2. The van der Waals surface area contributed by atoms with E-state index in [1.54, 1.807) is 12.4 Å². The van der Waals surface area contributed by atoms with Crippen LogP contribution >= 0.6 is 11.6 Å². The molecule has 2 heterocycles. The van der Waals surface area contributed by atoms with Gasteiger partial charge in [-0.25, -0.2) is 0 Å². The highest BCUT2D eigenvalue weighted by molar-refractivity contribution is 6.35. The molecule has 0 atom stereocenters. The van der Waals surface area contributed by atoms with Gasteiger partial charge in [0.25, 0.3) is 0 Å². The van der Waals surface area contributed by atoms with Gasteiger partial charge in [0.2, 0.25) is 0 Å². The Bertz CT molecular complexity index is 707. The van der Waals surface area contributed by atoms with E-state index in [0.717, 1.165) is 27.4 Å². The molecule has 0 amide bonds. The molecule has 0 saturated carbocycles. The van der Waals surface area contributed by atoms with E-state index in [4.69, 9.17) is 16.3 Å². The number of rotatable bonds is 3. The second-order valence-electron chi connectivity index (χ2n) is 4.34. The number of hydrogen-bond donors (Lipinski definition) is 0. The Kier molecular flexibility index (Phi) is 3.13. The Morgan fingerprint density at radius 2 is 2.16 bits per heavy atom. The van der Waals surface area contributed by atoms with Crippen molar-refractivity contribution in [2.75, 3.05) is 0 Å². The molecule has 3 aromatic rings. The molecule has 96 valence electrons. The Labute approximate surface area is 116 Å². The summed E-state index contributed by atoms with van der Waals surface area (Å²) in [5.41, 5.74) is 2.18. The first-order valence-corrected chi connectivity index (χ1v) is 6.39. The van der Waals surface area contributed by atoms with E-state index in [1.165, 1.54) is 0 Å². The number of ether oxygens (including phenoxy) is 1. The number of hydrogen-bond acceptors (Lipinski definition) is 2. The average Bonchev–Trinajstić information content (AvgIpc) is 2.77. The molecule has 3 rings (SSSR count). The van der Waals surface area contributed by atoms with Crippen LogP contribution in [0, 0.1) is 0 Å². The molecule has 4 heteroatoms. The highest BCUT2D eigenvalue weighted by atomic mass is 35.5. The summed E-state index contributed by atoms with van der Waals surface area (Å²) in [6.45, 7) is 0.493. The molecule has 0 saturated heterocycles. The molecule has 0 aliphatic rings. The van der Waals surface area contributed by atoms with E-state index >= 15 is 0 Å². The standard InChI is InChI=1S/C15H13ClN2O/c1-18-11(10-19-12-4-3-7-17-9-12)8-13-14(16)5-2-6-15(13)18/h2-9H,10H2,1H3. The summed E-state index contributed by atoms with van der Waals surface area (Å²) >= 11 is 6.20. The van der Waals surface area contributed by atoms with Gasteiger partial charge >= 0.3 is 0 Å². The summed E-state index contributed by atoms with van der Waals surface area (Å²) in [6, 6.07) is 11.7. The fourth-order valence-electron chi connectivity index (χ4n) is 2.11. The van der Waals surface area contributed by atoms with Gasteiger partial charge in [0.15, 0.2) is 0 Å². The lowest BCUT2D eigenvalue weighted by Crippen LogP contribution is -2.01. The van der Waals surface area contributed by atoms with E-state index in [2.05, 4.69) is 21.7 Å². The van der Waals surface area contributed by atoms with Crippen molar-refractivity contribution >= 4 is 22.5 Å². The normalized spacial score (nSPS) is 10.8. The van der Waals surface area contributed by atoms with Gasteiger partial charge in [-0.05, 0) is 30.3 Å². The van der Waals surface area contributed by atoms with E-state index in [1.807, 2.05) is 31.3 Å². The summed E-state index contributed by atoms with van der Waals surface area (Å²) in [6.07, 6.45) is 3.43. The molecule has 19 heavy (non-hydrogen) atoms. The van der Waals surface area contributed by atoms with Gasteiger partial charge in [0, 0.05) is 29.2 Å². The summed E-state index contributed by atoms with van der Waals surface area (Å²) in [4.78, 5) is 4.02. The zero-order valence-electron chi connectivity index (χ0n) is 10.5. The highest BCUT2D eigenvalue weighted by Crippen LogP contribution is 2.26. The summed E-state index contributed by atoms with van der Waals surface area (Å²) in [7, 11) is 2.01. The van der Waals surface area contributed by atoms with Gasteiger partial charge in [-0.1, -0.05) is 17.7 Å². The molecule has 0 radical (unpaired) electrons. The van der Waals surface area contributed by atoms with Crippen LogP contribution in [0.25, 0.3) is 10.9 Å². The SMILES string of the molecule is Cn1c(COc2cccnc2)cc2c(Cl)cccc21. The molecule has 2 aromatic heterocycles. The van der Waals surface area contributed by atoms with Crippen molar-refractivity contribution < 1.29 is 4.74 Å². The second-order valence-corrected chi connectivity index (χ2v) is 4.75. The minimum absolute atomic E-state index is 0.493. The van der Waals surface area contributed by atoms with Crippen LogP contribution in [0.2, 0.25) is 5.02 Å². The number of pyridine rings is 1. The van der Waals surface area contributed by atoms with E-state index in [0.29, 0.717) is 6.61 Å². The maximum absolute atomic E-state index is 6.20. The van der Waals surface area contributed by atoms with E-state index in [-0.39, 0.29) is 0 Å². The fraction of sp³-hybridized carbons (Fsp3) is 0.133. The molecule has 3 nitrogen and oxygen atoms in total. The Morgan fingerprint density at radius 1 is 1.26 bits per heavy atom. The number of aryl methyl sites for hydroxylation is 1. The second kappa shape index (κ2) is 4.94. The van der Waals surface area contributed by atoms with Crippen molar-refractivity contribution in [1.29, 1.82) is 0 Å². The summed E-state index contributed by atoms with van der Waals surface area (Å²) in [5.74, 6) is 0.763. The summed E-state index contributed by atoms with van der Waals surface area (Å²) in [5, 5.41) is 1.82. The average molecular weight is 273 g/mol. The largest absolute Gasteiger partial charge is 0.486 e. The van der Waals surface area contributed by atoms with Crippen LogP contribution in [0.4, 0.5) is 0 Å². The number of aromatic nitrogens is 2. The lowest BCUT2D eigenvalue weighted by molar-refractivity contribution is 0.296. The highest BCUT2D eigenvalue weighted by Gasteiger charge is 2.08. The third-order valence-corrected chi connectivity index (χ3v) is 3.48. The van der Waals surface area contributed by atoms with Crippen LogP contribution in [0.5, 0.6) is 5.75 Å². The molecule has 1 aromatic carbocycles. The van der Waals surface area contributed by atoms with Crippen LogP contribution < -0.4 is 4.74 Å². The summed E-state index contributed by atoms with van der Waals surface area (Å²) < 4.78 is 7.81. The van der Waals surface area contributed by atoms with Crippen molar-refractivity contribution in [1.82, 2.24) is 9.55 Å². The number of nitrogens with zero attached hydrogens (tertiary/aromatic N) is 2. The monoisotopic (exact) mass is 272 g/mol. The minimum Gasteiger partial charge on any atom is -0.486 e. The van der Waals surface area contributed by atoms with Crippen molar-refractivity contribution in [3.05, 3.63) is 59.5 Å². The van der Waals surface area contributed by atoms with Crippen molar-refractivity contribution in [3.8, 4) is 5.75 Å². The van der Waals surface area contributed by atoms with Crippen molar-refractivity contribution in [2.24, 2.45) is 7.05 Å². The molecule has 0 unspecified atom stereocenters. The van der Waals surface area contributed by atoms with Gasteiger partial charge in [-0.15, -0.1) is 0 Å². The molecule has 0 aliphatic heterocycles. The minimum atomic E-state index is 0.493. The Balaban J connectivity index is 1.89. The van der Waals surface area contributed by atoms with Crippen LogP contribution in [0.15, 0.2) is 48.8 Å². The van der Waals surface area contributed by atoms with Crippen LogP contribution in [0.1, 0.15) is 5.69 Å². The topological polar surface area (TPSA) is 27.1 Å². The lowest BCUT2D eigenvalue weighted by Gasteiger charge is -2.06. The Morgan fingerprint density at radius 3 is 2.89 bits per heavy atom. The van der Waals surface area contributed by atoms with E-state index < -0.39 is 0 Å². The zero-order valence-corrected chi connectivity index (χ0v) is 11.3. The first-order chi connectivity index (χ1) is 9.25. The van der Waals surface area contributed by atoms with Crippen LogP contribution in [-0.2, 0) is 13.7 Å². The smallest absolute Gasteiger partial charge is 0.138 e. The van der Waals surface area contributed by atoms with Gasteiger partial charge in [0.05, 0.1) is 11.9 Å². The molecule has 0 N–H and O–H groups in total. The van der Waals surface area contributed by atoms with Crippen molar-refractivity contribution in [2.45, 2.75) is 6.61 Å². The molecular weight excluding hydrogens is 260 g/mol. The maximum atomic E-state index is 6.20. The third kappa shape index (κ3) is 2.29. The first-order valence-electron chi connectivity index (χ1n) is 6.01. The predicted molar refractivity (Wildman–Crippen MR) is 76.5 cm³/mol. The third-order valence-electron chi connectivity index (χ3n) is 3.15. The van der Waals surface area contributed by atoms with Gasteiger partial charge in [-0.2, -0.15) is 0 Å². The molecule has 0 aliphatic carbocycles. The van der Waals surface area contributed by atoms with E-state index in [9.17, 15) is 0 Å². The first kappa shape index (κ1) is 12.1. The van der Waals surface area contributed by atoms with Gasteiger partial charge in [-0.3, -0.25) is 4.98 Å². The van der Waals surface area contributed by atoms with Crippen LogP contribution in [0.3, 0.4) is 0 Å². The number of halogens is 1. The molecular formula is C15H13ClN2O. The number of benzene rings is 1. The molecule has 0 bridgehead atoms.